The monoisotopic (exact) mass is 502 g/mol. The van der Waals surface area contributed by atoms with E-state index in [9.17, 15) is 13.2 Å². The Morgan fingerprint density at radius 2 is 1.63 bits per heavy atom. The molecule has 4 nitrogen and oxygen atoms in total. The Morgan fingerprint density at radius 1 is 1.04 bits per heavy atom. The minimum absolute atomic E-state index is 0. The fourth-order valence-corrected chi connectivity index (χ4v) is 4.99. The lowest BCUT2D eigenvalue weighted by Gasteiger charge is -2.32. The van der Waals surface area contributed by atoms with Crippen LogP contribution in [0.15, 0.2) is 4.99 Å². The van der Waals surface area contributed by atoms with Crippen LogP contribution in [-0.4, -0.2) is 68.3 Å². The molecule has 3 rings (SSSR count). The molecule has 0 bridgehead atoms. The molecule has 0 spiro atoms. The molecule has 1 aliphatic carbocycles. The molecule has 3 aliphatic rings. The Bertz CT molecular complexity index is 464. The molecule has 3 fully saturated rings. The van der Waals surface area contributed by atoms with Crippen molar-refractivity contribution in [2.75, 3.05) is 46.3 Å². The number of rotatable bonds is 4. The molecule has 27 heavy (non-hydrogen) atoms. The van der Waals surface area contributed by atoms with Crippen LogP contribution in [0.25, 0.3) is 0 Å². The minimum atomic E-state index is -4.08. The second-order valence-electron chi connectivity index (χ2n) is 8.31. The third-order valence-electron chi connectivity index (χ3n) is 6.43. The Kier molecular flexibility index (Phi) is 8.96. The Labute approximate surface area is 178 Å². The molecule has 1 N–H and O–H groups in total. The number of aliphatic imine (C=N–C) groups is 1. The largest absolute Gasteiger partial charge is 0.401 e. The molecule has 0 aromatic carbocycles. The number of alkyl halides is 3. The summed E-state index contributed by atoms with van der Waals surface area (Å²) in [4.78, 5) is 8.41. The molecule has 2 heterocycles. The second-order valence-corrected chi connectivity index (χ2v) is 8.31. The maximum absolute atomic E-state index is 12.5. The summed E-state index contributed by atoms with van der Waals surface area (Å²) in [6.45, 7) is 3.48. The first-order chi connectivity index (χ1) is 12.4. The number of nitrogens with zero attached hydrogens (tertiary/aromatic N) is 3. The van der Waals surface area contributed by atoms with Gasteiger partial charge in [-0.25, -0.2) is 0 Å². The van der Waals surface area contributed by atoms with E-state index in [0.29, 0.717) is 19.0 Å². The van der Waals surface area contributed by atoms with E-state index in [-0.39, 0.29) is 24.0 Å². The molecule has 2 atom stereocenters. The van der Waals surface area contributed by atoms with Crippen LogP contribution in [0, 0.1) is 17.8 Å². The lowest BCUT2D eigenvalue weighted by atomic mass is 9.82. The zero-order valence-corrected chi connectivity index (χ0v) is 18.6. The SMILES string of the molecule is CN=C(NCCC1CCN(CC(F)(F)F)CC1)N1CC2CCCCC2C1.I. The number of halogens is 4. The Hall–Kier alpha value is -0.250. The summed E-state index contributed by atoms with van der Waals surface area (Å²) in [5.74, 6) is 3.20. The van der Waals surface area contributed by atoms with Crippen molar-refractivity contribution in [3.63, 3.8) is 0 Å². The number of piperidine rings is 1. The third-order valence-corrected chi connectivity index (χ3v) is 6.43. The fourth-order valence-electron chi connectivity index (χ4n) is 4.99. The van der Waals surface area contributed by atoms with E-state index in [0.717, 1.165) is 56.7 Å². The van der Waals surface area contributed by atoms with Crippen molar-refractivity contribution in [1.82, 2.24) is 15.1 Å². The molecule has 2 unspecified atom stereocenters. The van der Waals surface area contributed by atoms with Gasteiger partial charge < -0.3 is 10.2 Å². The van der Waals surface area contributed by atoms with Crippen LogP contribution < -0.4 is 5.32 Å². The number of fused-ring (bicyclic) bond motifs is 1. The summed E-state index contributed by atoms with van der Waals surface area (Å²) < 4.78 is 37.4. The summed E-state index contributed by atoms with van der Waals surface area (Å²) in [6.07, 6.45) is 4.12. The highest BCUT2D eigenvalue weighted by atomic mass is 127. The summed E-state index contributed by atoms with van der Waals surface area (Å²) in [7, 11) is 1.85. The first-order valence-electron chi connectivity index (χ1n) is 10.2. The van der Waals surface area contributed by atoms with Gasteiger partial charge >= 0.3 is 6.18 Å². The van der Waals surface area contributed by atoms with Gasteiger partial charge in [0.25, 0.3) is 0 Å². The highest BCUT2D eigenvalue weighted by Crippen LogP contribution is 2.36. The quantitative estimate of drug-likeness (QED) is 0.359. The van der Waals surface area contributed by atoms with Gasteiger partial charge in [0.15, 0.2) is 5.96 Å². The van der Waals surface area contributed by atoms with Gasteiger partial charge in [0.1, 0.15) is 0 Å². The number of hydrogen-bond donors (Lipinski definition) is 1. The van der Waals surface area contributed by atoms with Crippen molar-refractivity contribution in [1.29, 1.82) is 0 Å². The van der Waals surface area contributed by atoms with Gasteiger partial charge in [-0.1, -0.05) is 12.8 Å². The topological polar surface area (TPSA) is 30.9 Å². The molecule has 2 saturated heterocycles. The fraction of sp³-hybridized carbons (Fsp3) is 0.947. The minimum Gasteiger partial charge on any atom is -0.356 e. The van der Waals surface area contributed by atoms with E-state index >= 15 is 0 Å². The van der Waals surface area contributed by atoms with Crippen LogP contribution in [0.5, 0.6) is 0 Å². The average Bonchev–Trinajstić information content (AvgIpc) is 3.02. The van der Waals surface area contributed by atoms with Crippen LogP contribution in [0.1, 0.15) is 44.9 Å². The number of hydrogen-bond acceptors (Lipinski definition) is 2. The molecule has 1 saturated carbocycles. The van der Waals surface area contributed by atoms with Gasteiger partial charge in [-0.2, -0.15) is 13.2 Å². The summed E-state index contributed by atoms with van der Waals surface area (Å²) >= 11 is 0. The standard InChI is InChI=1S/C19H33F3N4.HI/c1-23-18(26-12-16-4-2-3-5-17(16)13-26)24-9-6-15-7-10-25(11-8-15)14-19(20,21)22;/h15-17H,2-14H2,1H3,(H,23,24);1H. The van der Waals surface area contributed by atoms with Gasteiger partial charge in [0, 0.05) is 26.7 Å². The van der Waals surface area contributed by atoms with Crippen molar-refractivity contribution in [2.24, 2.45) is 22.7 Å². The van der Waals surface area contributed by atoms with Crippen molar-refractivity contribution >= 4 is 29.9 Å². The van der Waals surface area contributed by atoms with Crippen molar-refractivity contribution < 1.29 is 13.2 Å². The molecule has 158 valence electrons. The molecule has 0 aromatic rings. The molecule has 0 aromatic heterocycles. The van der Waals surface area contributed by atoms with E-state index in [1.165, 1.54) is 30.6 Å². The highest BCUT2D eigenvalue weighted by molar-refractivity contribution is 14.0. The van der Waals surface area contributed by atoms with E-state index in [1.54, 1.807) is 0 Å². The molecule has 8 heteroatoms. The lowest BCUT2D eigenvalue weighted by molar-refractivity contribution is -0.148. The number of guanidine groups is 1. The average molecular weight is 502 g/mol. The van der Waals surface area contributed by atoms with Crippen LogP contribution >= 0.6 is 24.0 Å². The van der Waals surface area contributed by atoms with Crippen molar-refractivity contribution in [2.45, 2.75) is 51.1 Å². The maximum Gasteiger partial charge on any atom is 0.401 e. The Balaban J connectivity index is 0.00000261. The van der Waals surface area contributed by atoms with Gasteiger partial charge in [-0.05, 0) is 62.9 Å². The summed E-state index contributed by atoms with van der Waals surface area (Å²) in [5.41, 5.74) is 0. The van der Waals surface area contributed by atoms with Crippen molar-refractivity contribution in [3.05, 3.63) is 0 Å². The van der Waals surface area contributed by atoms with Crippen LogP contribution in [0.4, 0.5) is 13.2 Å². The van der Waals surface area contributed by atoms with E-state index in [4.69, 9.17) is 0 Å². The Morgan fingerprint density at radius 3 is 2.15 bits per heavy atom. The lowest BCUT2D eigenvalue weighted by Crippen LogP contribution is -2.42. The molecule has 0 amide bonds. The number of likely N-dealkylation sites (tertiary alicyclic amines) is 2. The van der Waals surface area contributed by atoms with Gasteiger partial charge in [-0.15, -0.1) is 24.0 Å². The van der Waals surface area contributed by atoms with E-state index in [2.05, 4.69) is 15.2 Å². The van der Waals surface area contributed by atoms with Gasteiger partial charge in [0.2, 0.25) is 0 Å². The summed E-state index contributed by atoms with van der Waals surface area (Å²) in [5, 5.41) is 3.50. The highest BCUT2D eigenvalue weighted by Gasteiger charge is 2.36. The zero-order chi connectivity index (χ0) is 18.6. The van der Waals surface area contributed by atoms with Crippen LogP contribution in [-0.2, 0) is 0 Å². The summed E-state index contributed by atoms with van der Waals surface area (Å²) in [6, 6.07) is 0. The first kappa shape index (κ1) is 23.0. The van der Waals surface area contributed by atoms with Gasteiger partial charge in [0.05, 0.1) is 6.54 Å². The normalized spacial score (nSPS) is 28.0. The van der Waals surface area contributed by atoms with Crippen LogP contribution in [0.3, 0.4) is 0 Å². The van der Waals surface area contributed by atoms with Crippen molar-refractivity contribution in [3.8, 4) is 0 Å². The third kappa shape index (κ3) is 6.94. The molecular weight excluding hydrogens is 468 g/mol. The predicted molar refractivity (Wildman–Crippen MR) is 114 cm³/mol. The van der Waals surface area contributed by atoms with E-state index < -0.39 is 12.7 Å². The van der Waals surface area contributed by atoms with E-state index in [1.807, 2.05) is 7.05 Å². The maximum atomic E-state index is 12.5. The molecular formula is C19H34F3IN4. The number of nitrogens with one attached hydrogen (secondary N) is 1. The smallest absolute Gasteiger partial charge is 0.356 e. The molecule has 2 aliphatic heterocycles. The van der Waals surface area contributed by atoms with Gasteiger partial charge in [-0.3, -0.25) is 9.89 Å². The predicted octanol–water partition coefficient (Wildman–Crippen LogP) is 3.97. The molecule has 0 radical (unpaired) electrons. The second kappa shape index (κ2) is 10.5. The van der Waals surface area contributed by atoms with Crippen LogP contribution in [0.2, 0.25) is 0 Å². The zero-order valence-electron chi connectivity index (χ0n) is 16.3. The first-order valence-corrected chi connectivity index (χ1v) is 10.2.